The van der Waals surface area contributed by atoms with Crippen LogP contribution in [0.1, 0.15) is 17.4 Å². The molecule has 1 aromatic carbocycles. The molecule has 2 saturated heterocycles. The van der Waals surface area contributed by atoms with E-state index in [9.17, 15) is 14.4 Å². The molecule has 2 aliphatic rings. The molecule has 14 heteroatoms. The monoisotopic (exact) mass is 540 g/mol. The number of benzene rings is 1. The number of halogens is 2. The first-order valence-electron chi connectivity index (χ1n) is 12.4. The standard InChI is InChI=1S/C25H26F2N8O4/c1-16(30-23(36)21-4-2-3-5-28-21)24(37)33-10-8-32(9-11-33)22-19(26)12-17(13-20(22)27)35-15-18(39-25(35)38)14-34-7-6-29-31-34/h2-7,12-13,16,18H,8-11,14-15H2,1H3,(H,30,36)/t16-,18-/m0/s1. The van der Waals surface area contributed by atoms with Gasteiger partial charge in [0.05, 0.1) is 25.0 Å². The Morgan fingerprint density at radius 1 is 1.13 bits per heavy atom. The van der Waals surface area contributed by atoms with Crippen molar-refractivity contribution in [2.45, 2.75) is 25.6 Å². The van der Waals surface area contributed by atoms with Gasteiger partial charge in [-0.05, 0) is 19.1 Å². The average Bonchev–Trinajstić information content (AvgIpc) is 3.58. The van der Waals surface area contributed by atoms with Gasteiger partial charge in [-0.15, -0.1) is 5.10 Å². The quantitative estimate of drug-likeness (QED) is 0.477. The van der Waals surface area contributed by atoms with Crippen LogP contribution in [0, 0.1) is 11.6 Å². The number of carbonyl (C=O) groups excluding carboxylic acids is 3. The van der Waals surface area contributed by atoms with E-state index in [0.29, 0.717) is 0 Å². The van der Waals surface area contributed by atoms with Gasteiger partial charge in [-0.1, -0.05) is 11.3 Å². The number of rotatable bonds is 7. The zero-order valence-corrected chi connectivity index (χ0v) is 21.0. The molecule has 3 amide bonds. The Labute approximate surface area is 222 Å². The number of nitrogens with zero attached hydrogens (tertiary/aromatic N) is 7. The maximum atomic E-state index is 15.2. The normalized spacial score (nSPS) is 18.2. The summed E-state index contributed by atoms with van der Waals surface area (Å²) in [4.78, 5) is 45.7. The molecule has 0 unspecified atom stereocenters. The summed E-state index contributed by atoms with van der Waals surface area (Å²) in [5, 5.41) is 10.2. The summed E-state index contributed by atoms with van der Waals surface area (Å²) in [7, 11) is 0. The highest BCUT2D eigenvalue weighted by atomic mass is 19.1. The number of piperazine rings is 1. The molecule has 1 N–H and O–H groups in total. The van der Waals surface area contributed by atoms with Crippen molar-refractivity contribution in [1.82, 2.24) is 30.2 Å². The number of pyridine rings is 1. The second-order valence-corrected chi connectivity index (χ2v) is 9.22. The molecule has 204 valence electrons. The highest BCUT2D eigenvalue weighted by Gasteiger charge is 2.35. The molecular weight excluding hydrogens is 514 g/mol. The van der Waals surface area contributed by atoms with E-state index >= 15 is 8.78 Å². The summed E-state index contributed by atoms with van der Waals surface area (Å²) in [5.41, 5.74) is 0.0181. The predicted octanol–water partition coefficient (Wildman–Crippen LogP) is 1.44. The third-order valence-corrected chi connectivity index (χ3v) is 6.57. The number of cyclic esters (lactones) is 1. The molecule has 2 fully saturated rings. The lowest BCUT2D eigenvalue weighted by Gasteiger charge is -2.37. The molecule has 2 aliphatic heterocycles. The van der Waals surface area contributed by atoms with Crippen molar-refractivity contribution in [3.05, 3.63) is 66.3 Å². The van der Waals surface area contributed by atoms with E-state index in [1.165, 1.54) is 26.9 Å². The number of carbonyl (C=O) groups is 3. The minimum atomic E-state index is -0.826. The molecule has 2 aromatic heterocycles. The van der Waals surface area contributed by atoms with Crippen molar-refractivity contribution in [2.24, 2.45) is 0 Å². The van der Waals surface area contributed by atoms with Gasteiger partial charge in [-0.25, -0.2) is 18.3 Å². The van der Waals surface area contributed by atoms with Gasteiger partial charge >= 0.3 is 6.09 Å². The summed E-state index contributed by atoms with van der Waals surface area (Å²) < 4.78 is 37.1. The number of anilines is 2. The van der Waals surface area contributed by atoms with Gasteiger partial charge in [0.25, 0.3) is 5.91 Å². The topological polar surface area (TPSA) is 126 Å². The van der Waals surface area contributed by atoms with Crippen molar-refractivity contribution in [3.63, 3.8) is 0 Å². The smallest absolute Gasteiger partial charge is 0.414 e. The molecule has 0 aliphatic carbocycles. The maximum absolute atomic E-state index is 15.2. The second kappa shape index (κ2) is 11.0. The Hall–Kier alpha value is -4.62. The van der Waals surface area contributed by atoms with E-state index in [4.69, 9.17) is 4.74 Å². The Kier molecular flexibility index (Phi) is 7.34. The van der Waals surface area contributed by atoms with Gasteiger partial charge in [-0.2, -0.15) is 0 Å². The van der Waals surface area contributed by atoms with Crippen LogP contribution < -0.4 is 15.1 Å². The molecule has 0 bridgehead atoms. The Balaban J connectivity index is 1.19. The molecular formula is C25H26F2N8O4. The summed E-state index contributed by atoms with van der Waals surface area (Å²) >= 11 is 0. The molecule has 39 heavy (non-hydrogen) atoms. The minimum absolute atomic E-state index is 0.0473. The maximum Gasteiger partial charge on any atom is 0.414 e. The fourth-order valence-corrected chi connectivity index (χ4v) is 4.63. The number of hydrogen-bond donors (Lipinski definition) is 1. The summed E-state index contributed by atoms with van der Waals surface area (Å²) in [5.74, 6) is -2.42. The van der Waals surface area contributed by atoms with Gasteiger partial charge in [0.2, 0.25) is 5.91 Å². The molecule has 12 nitrogen and oxygen atoms in total. The van der Waals surface area contributed by atoms with Crippen LogP contribution in [-0.4, -0.2) is 87.7 Å². The van der Waals surface area contributed by atoms with Crippen molar-refractivity contribution in [3.8, 4) is 0 Å². The number of hydrogen-bond acceptors (Lipinski definition) is 8. The fraction of sp³-hybridized carbons (Fsp3) is 0.360. The largest absolute Gasteiger partial charge is 0.442 e. The molecule has 0 saturated carbocycles. The molecule has 2 atom stereocenters. The molecule has 5 rings (SSSR count). The summed E-state index contributed by atoms with van der Waals surface area (Å²) in [6, 6.07) is 6.31. The predicted molar refractivity (Wildman–Crippen MR) is 134 cm³/mol. The van der Waals surface area contributed by atoms with Crippen LogP contribution in [0.5, 0.6) is 0 Å². The lowest BCUT2D eigenvalue weighted by Crippen LogP contribution is -2.54. The highest BCUT2D eigenvalue weighted by molar-refractivity contribution is 5.96. The van der Waals surface area contributed by atoms with E-state index in [0.717, 1.165) is 12.1 Å². The lowest BCUT2D eigenvalue weighted by molar-refractivity contribution is -0.133. The first-order chi connectivity index (χ1) is 18.8. The van der Waals surface area contributed by atoms with Crippen LogP contribution in [0.25, 0.3) is 0 Å². The molecule has 0 spiro atoms. The van der Waals surface area contributed by atoms with Crippen LogP contribution in [0.3, 0.4) is 0 Å². The number of amides is 3. The van der Waals surface area contributed by atoms with Gasteiger partial charge in [0.1, 0.15) is 23.5 Å². The number of ether oxygens (including phenoxy) is 1. The third-order valence-electron chi connectivity index (χ3n) is 6.57. The van der Waals surface area contributed by atoms with Crippen molar-refractivity contribution < 1.29 is 27.9 Å². The Morgan fingerprint density at radius 2 is 1.87 bits per heavy atom. The zero-order valence-electron chi connectivity index (χ0n) is 21.0. The molecule has 4 heterocycles. The third kappa shape index (κ3) is 5.63. The highest BCUT2D eigenvalue weighted by Crippen LogP contribution is 2.31. The zero-order chi connectivity index (χ0) is 27.5. The molecule has 0 radical (unpaired) electrons. The lowest BCUT2D eigenvalue weighted by atomic mass is 10.1. The summed E-state index contributed by atoms with van der Waals surface area (Å²) in [6.07, 6.45) is 3.35. The SMILES string of the molecule is C[C@H](NC(=O)c1ccccn1)C(=O)N1CCN(c2c(F)cc(N3C[C@H](Cn4ccnn4)OC3=O)cc2F)CC1. The van der Waals surface area contributed by atoms with Gasteiger partial charge in [0, 0.05) is 50.7 Å². The van der Waals surface area contributed by atoms with E-state index < -0.39 is 35.8 Å². The number of aromatic nitrogens is 4. The van der Waals surface area contributed by atoms with Crippen LogP contribution in [0.2, 0.25) is 0 Å². The second-order valence-electron chi connectivity index (χ2n) is 9.22. The van der Waals surface area contributed by atoms with Gasteiger partial charge < -0.3 is 19.9 Å². The van der Waals surface area contributed by atoms with E-state index in [1.54, 1.807) is 36.2 Å². The average molecular weight is 541 g/mol. The minimum Gasteiger partial charge on any atom is -0.442 e. The van der Waals surface area contributed by atoms with Crippen LogP contribution >= 0.6 is 0 Å². The fourth-order valence-electron chi connectivity index (χ4n) is 4.63. The van der Waals surface area contributed by atoms with Gasteiger partial charge in [-0.3, -0.25) is 19.5 Å². The van der Waals surface area contributed by atoms with Crippen LogP contribution in [-0.2, 0) is 16.1 Å². The molecule has 3 aromatic rings. The van der Waals surface area contributed by atoms with Crippen molar-refractivity contribution in [1.29, 1.82) is 0 Å². The van der Waals surface area contributed by atoms with E-state index in [-0.39, 0.29) is 62.2 Å². The first kappa shape index (κ1) is 26.0. The van der Waals surface area contributed by atoms with Crippen LogP contribution in [0.15, 0.2) is 48.9 Å². The van der Waals surface area contributed by atoms with Crippen molar-refractivity contribution >= 4 is 29.3 Å². The summed E-state index contributed by atoms with van der Waals surface area (Å²) in [6.45, 7) is 2.74. The van der Waals surface area contributed by atoms with Gasteiger partial charge in [0.15, 0.2) is 11.6 Å². The van der Waals surface area contributed by atoms with Crippen molar-refractivity contribution in [2.75, 3.05) is 42.5 Å². The Morgan fingerprint density at radius 3 is 2.51 bits per heavy atom. The van der Waals surface area contributed by atoms with E-state index in [1.807, 2.05) is 0 Å². The first-order valence-corrected chi connectivity index (χ1v) is 12.4. The Bertz CT molecular complexity index is 1330. The van der Waals surface area contributed by atoms with E-state index in [2.05, 4.69) is 20.6 Å². The number of nitrogens with one attached hydrogen (secondary N) is 1. The van der Waals surface area contributed by atoms with Crippen LogP contribution in [0.4, 0.5) is 25.0 Å².